The van der Waals surface area contributed by atoms with E-state index in [4.69, 9.17) is 4.98 Å². The first-order chi connectivity index (χ1) is 12.5. The minimum atomic E-state index is 0.109. The fourth-order valence-corrected chi connectivity index (χ4v) is 3.80. The molecule has 0 N–H and O–H groups in total. The summed E-state index contributed by atoms with van der Waals surface area (Å²) < 4.78 is 1.88. The van der Waals surface area contributed by atoms with Crippen molar-refractivity contribution in [3.8, 4) is 0 Å². The average molecular weight is 347 g/mol. The smallest absolute Gasteiger partial charge is 0.261 e. The van der Waals surface area contributed by atoms with Crippen molar-refractivity contribution in [2.45, 2.75) is 52.5 Å². The summed E-state index contributed by atoms with van der Waals surface area (Å²) in [6, 6.07) is 12.2. The molecule has 0 atom stereocenters. The third kappa shape index (κ3) is 3.41. The van der Waals surface area contributed by atoms with E-state index in [1.165, 1.54) is 5.56 Å². The highest BCUT2D eigenvalue weighted by Gasteiger charge is 2.27. The summed E-state index contributed by atoms with van der Waals surface area (Å²) in [5.74, 6) is 0.937. The van der Waals surface area contributed by atoms with Crippen LogP contribution in [0.4, 0.5) is 0 Å². The summed E-state index contributed by atoms with van der Waals surface area (Å²) in [5.41, 5.74) is 3.48. The van der Waals surface area contributed by atoms with Gasteiger partial charge in [-0.1, -0.05) is 26.0 Å². The van der Waals surface area contributed by atoms with E-state index in [1.54, 1.807) is 0 Å². The monoisotopic (exact) mass is 347 g/mol. The maximum absolute atomic E-state index is 12.9. The number of rotatable bonds is 4. The van der Waals surface area contributed by atoms with Gasteiger partial charge in [-0.15, -0.1) is 0 Å². The van der Waals surface area contributed by atoms with Crippen molar-refractivity contribution in [3.05, 3.63) is 70.0 Å². The number of hydrogen-bond acceptors (Lipinski definition) is 3. The van der Waals surface area contributed by atoms with Gasteiger partial charge in [0.25, 0.3) is 5.56 Å². The lowest BCUT2D eigenvalue weighted by Crippen LogP contribution is -2.36. The summed E-state index contributed by atoms with van der Waals surface area (Å²) in [6.45, 7) is 5.20. The van der Waals surface area contributed by atoms with Gasteiger partial charge in [-0.05, 0) is 60.9 Å². The number of fused-ring (bicyclic) bond motifs is 2. The number of benzene rings is 1. The van der Waals surface area contributed by atoms with Gasteiger partial charge in [0, 0.05) is 24.9 Å². The predicted molar refractivity (Wildman–Crippen MR) is 104 cm³/mol. The quantitative estimate of drug-likeness (QED) is 0.718. The van der Waals surface area contributed by atoms with Crippen LogP contribution in [0.25, 0.3) is 10.9 Å². The van der Waals surface area contributed by atoms with E-state index in [1.807, 2.05) is 29.0 Å². The summed E-state index contributed by atoms with van der Waals surface area (Å²) in [5, 5.41) is 0.736. The number of hydrogen-bond donors (Lipinski definition) is 0. The highest BCUT2D eigenvalue weighted by molar-refractivity contribution is 5.78. The minimum absolute atomic E-state index is 0.109. The first-order valence-electron chi connectivity index (χ1n) is 9.44. The van der Waals surface area contributed by atoms with E-state index in [0.717, 1.165) is 61.1 Å². The molecule has 0 radical (unpaired) electrons. The molecule has 134 valence electrons. The topological polar surface area (TPSA) is 47.8 Å². The third-order valence-electron chi connectivity index (χ3n) is 5.33. The molecule has 0 amide bonds. The van der Waals surface area contributed by atoms with Gasteiger partial charge in [0.2, 0.25) is 0 Å². The van der Waals surface area contributed by atoms with Gasteiger partial charge in [-0.25, -0.2) is 4.98 Å². The van der Waals surface area contributed by atoms with Crippen molar-refractivity contribution in [3.63, 3.8) is 0 Å². The molecule has 4 rings (SSSR count). The van der Waals surface area contributed by atoms with Gasteiger partial charge >= 0.3 is 0 Å². The van der Waals surface area contributed by atoms with Crippen molar-refractivity contribution in [1.29, 1.82) is 0 Å². The van der Waals surface area contributed by atoms with Crippen LogP contribution in [0.5, 0.6) is 0 Å². The Kier molecular flexibility index (Phi) is 4.35. The van der Waals surface area contributed by atoms with Crippen LogP contribution in [-0.4, -0.2) is 14.5 Å². The lowest BCUT2D eigenvalue weighted by atomic mass is 9.85. The normalized spacial score (nSPS) is 15.8. The second-order valence-corrected chi connectivity index (χ2v) is 8.11. The van der Waals surface area contributed by atoms with Gasteiger partial charge in [0.15, 0.2) is 0 Å². The molecule has 3 aromatic rings. The Morgan fingerprint density at radius 3 is 2.85 bits per heavy atom. The molecule has 0 spiro atoms. The maximum Gasteiger partial charge on any atom is 0.261 e. The number of aryl methyl sites for hydroxylation is 3. The van der Waals surface area contributed by atoms with E-state index < -0.39 is 0 Å². The van der Waals surface area contributed by atoms with E-state index >= 15 is 0 Å². The Bertz CT molecular complexity index is 989. The molecule has 1 aliphatic heterocycles. The Balaban J connectivity index is 1.57. The van der Waals surface area contributed by atoms with Crippen LogP contribution in [-0.2, 0) is 25.8 Å². The van der Waals surface area contributed by atoms with Gasteiger partial charge in [0.1, 0.15) is 5.82 Å². The van der Waals surface area contributed by atoms with Gasteiger partial charge in [-0.3, -0.25) is 14.3 Å². The van der Waals surface area contributed by atoms with Gasteiger partial charge in [-0.2, -0.15) is 0 Å². The first-order valence-corrected chi connectivity index (χ1v) is 9.44. The molecular formula is C22H25N3O. The van der Waals surface area contributed by atoms with E-state index in [2.05, 4.69) is 37.0 Å². The van der Waals surface area contributed by atoms with Crippen molar-refractivity contribution in [2.24, 2.45) is 5.41 Å². The van der Waals surface area contributed by atoms with Crippen LogP contribution in [0.3, 0.4) is 0 Å². The summed E-state index contributed by atoms with van der Waals surface area (Å²) in [4.78, 5) is 22.1. The molecule has 4 heteroatoms. The zero-order chi connectivity index (χ0) is 18.1. The molecule has 1 aliphatic rings. The highest BCUT2D eigenvalue weighted by Crippen LogP contribution is 2.29. The van der Waals surface area contributed by atoms with E-state index in [-0.39, 0.29) is 11.0 Å². The van der Waals surface area contributed by atoms with Crippen LogP contribution in [0.1, 0.15) is 43.8 Å². The standard InChI is InChI=1S/C22H25N3O/c1-22(2)12-11-20-24-19-14-16(6-5-8-17-7-3-4-13-23-17)9-10-18(19)21(26)25(20)15-22/h3-4,7,9-10,13-14H,5-6,8,11-12,15H2,1-2H3. The molecule has 0 saturated carbocycles. The third-order valence-corrected chi connectivity index (χ3v) is 5.33. The summed E-state index contributed by atoms with van der Waals surface area (Å²) >= 11 is 0. The molecule has 4 nitrogen and oxygen atoms in total. The maximum atomic E-state index is 12.9. The molecule has 0 bridgehead atoms. The first kappa shape index (κ1) is 17.0. The highest BCUT2D eigenvalue weighted by atomic mass is 16.1. The second-order valence-electron chi connectivity index (χ2n) is 8.11. The fraction of sp³-hybridized carbons (Fsp3) is 0.409. The lowest BCUT2D eigenvalue weighted by Gasteiger charge is -2.31. The molecule has 1 aromatic carbocycles. The van der Waals surface area contributed by atoms with Crippen LogP contribution in [0, 0.1) is 5.41 Å². The van der Waals surface area contributed by atoms with Crippen LogP contribution < -0.4 is 5.56 Å². The van der Waals surface area contributed by atoms with Crippen LogP contribution in [0.15, 0.2) is 47.4 Å². The zero-order valence-electron chi connectivity index (χ0n) is 15.5. The fourth-order valence-electron chi connectivity index (χ4n) is 3.80. The van der Waals surface area contributed by atoms with Crippen molar-refractivity contribution >= 4 is 10.9 Å². The molecule has 3 heterocycles. The number of nitrogens with zero attached hydrogens (tertiary/aromatic N) is 3. The van der Waals surface area contributed by atoms with E-state index in [9.17, 15) is 4.79 Å². The summed E-state index contributed by atoms with van der Waals surface area (Å²) in [6.07, 6.45) is 6.78. The molecular weight excluding hydrogens is 322 g/mol. The molecule has 0 aliphatic carbocycles. The number of pyridine rings is 1. The molecule has 0 saturated heterocycles. The molecule has 2 aromatic heterocycles. The molecule has 0 unspecified atom stereocenters. The lowest BCUT2D eigenvalue weighted by molar-refractivity contribution is 0.240. The number of aromatic nitrogens is 3. The van der Waals surface area contributed by atoms with E-state index in [0.29, 0.717) is 0 Å². The second kappa shape index (κ2) is 6.67. The summed E-state index contributed by atoms with van der Waals surface area (Å²) in [7, 11) is 0. The molecule has 0 fully saturated rings. The Hall–Kier alpha value is -2.49. The zero-order valence-corrected chi connectivity index (χ0v) is 15.5. The van der Waals surface area contributed by atoms with Crippen molar-refractivity contribution in [2.75, 3.05) is 0 Å². The predicted octanol–water partition coefficient (Wildman–Crippen LogP) is 3.94. The Morgan fingerprint density at radius 2 is 2.04 bits per heavy atom. The Labute approximate surface area is 153 Å². The van der Waals surface area contributed by atoms with Crippen molar-refractivity contribution < 1.29 is 0 Å². The average Bonchev–Trinajstić information content (AvgIpc) is 2.63. The Morgan fingerprint density at radius 1 is 1.15 bits per heavy atom. The van der Waals surface area contributed by atoms with Crippen LogP contribution in [0.2, 0.25) is 0 Å². The SMILES string of the molecule is CC1(C)CCc2nc3cc(CCCc4ccccn4)ccc3c(=O)n2C1. The van der Waals surface area contributed by atoms with Crippen LogP contribution >= 0.6 is 0 Å². The largest absolute Gasteiger partial charge is 0.296 e. The van der Waals surface area contributed by atoms with Gasteiger partial charge in [0.05, 0.1) is 10.9 Å². The minimum Gasteiger partial charge on any atom is -0.296 e. The van der Waals surface area contributed by atoms with Gasteiger partial charge < -0.3 is 0 Å². The molecule has 26 heavy (non-hydrogen) atoms. The van der Waals surface area contributed by atoms with Crippen molar-refractivity contribution in [1.82, 2.24) is 14.5 Å².